The van der Waals surface area contributed by atoms with Gasteiger partial charge in [0.15, 0.2) is 0 Å². The molecule has 2 atom stereocenters. The SMILES string of the molecule is NC(=S)C(NC(=O)CCC1CCCO1)C1CC1. The number of hydrogen-bond acceptors (Lipinski definition) is 3. The predicted molar refractivity (Wildman–Crippen MR) is 69.6 cm³/mol. The number of carbonyl (C=O) groups excluding carboxylic acids is 1. The highest BCUT2D eigenvalue weighted by molar-refractivity contribution is 7.80. The van der Waals surface area contributed by atoms with Gasteiger partial charge in [-0.3, -0.25) is 4.79 Å². The number of amides is 1. The van der Waals surface area contributed by atoms with Crippen LogP contribution in [0.2, 0.25) is 0 Å². The summed E-state index contributed by atoms with van der Waals surface area (Å²) in [5, 5.41) is 2.94. The molecule has 4 nitrogen and oxygen atoms in total. The summed E-state index contributed by atoms with van der Waals surface area (Å²) in [6.07, 6.45) is 6.02. The van der Waals surface area contributed by atoms with Gasteiger partial charge < -0.3 is 15.8 Å². The molecular formula is C12H20N2O2S. The van der Waals surface area contributed by atoms with Crippen LogP contribution in [0.15, 0.2) is 0 Å². The molecule has 96 valence electrons. The fourth-order valence-electron chi connectivity index (χ4n) is 2.26. The van der Waals surface area contributed by atoms with Crippen molar-refractivity contribution in [2.24, 2.45) is 11.7 Å². The van der Waals surface area contributed by atoms with Crippen LogP contribution in [0.4, 0.5) is 0 Å². The van der Waals surface area contributed by atoms with Gasteiger partial charge in [-0.2, -0.15) is 0 Å². The third-order valence-corrected chi connectivity index (χ3v) is 3.69. The largest absolute Gasteiger partial charge is 0.392 e. The zero-order valence-electron chi connectivity index (χ0n) is 9.98. The van der Waals surface area contributed by atoms with E-state index in [1.165, 1.54) is 0 Å². The molecule has 0 aromatic carbocycles. The van der Waals surface area contributed by atoms with Gasteiger partial charge in [-0.15, -0.1) is 0 Å². The first-order valence-corrected chi connectivity index (χ1v) is 6.78. The molecule has 3 N–H and O–H groups in total. The Bertz CT molecular complexity index is 299. The van der Waals surface area contributed by atoms with E-state index in [0.29, 0.717) is 17.3 Å². The van der Waals surface area contributed by atoms with E-state index in [4.69, 9.17) is 22.7 Å². The zero-order valence-corrected chi connectivity index (χ0v) is 10.8. The van der Waals surface area contributed by atoms with Crippen molar-refractivity contribution in [3.63, 3.8) is 0 Å². The van der Waals surface area contributed by atoms with Crippen molar-refractivity contribution >= 4 is 23.1 Å². The van der Waals surface area contributed by atoms with Gasteiger partial charge in [0.2, 0.25) is 5.91 Å². The smallest absolute Gasteiger partial charge is 0.220 e. The normalized spacial score (nSPS) is 25.5. The third-order valence-electron chi connectivity index (χ3n) is 3.43. The van der Waals surface area contributed by atoms with Crippen molar-refractivity contribution < 1.29 is 9.53 Å². The van der Waals surface area contributed by atoms with Crippen LogP contribution < -0.4 is 11.1 Å². The Kier molecular flexibility index (Phi) is 4.34. The zero-order chi connectivity index (χ0) is 12.3. The van der Waals surface area contributed by atoms with E-state index in [1.807, 2.05) is 0 Å². The molecular weight excluding hydrogens is 236 g/mol. The quantitative estimate of drug-likeness (QED) is 0.699. The Morgan fingerprint density at radius 2 is 2.24 bits per heavy atom. The highest BCUT2D eigenvalue weighted by Crippen LogP contribution is 2.32. The highest BCUT2D eigenvalue weighted by Gasteiger charge is 2.34. The Morgan fingerprint density at radius 1 is 1.47 bits per heavy atom. The van der Waals surface area contributed by atoms with Crippen LogP contribution in [0, 0.1) is 5.92 Å². The second-order valence-corrected chi connectivity index (χ2v) is 5.43. The van der Waals surface area contributed by atoms with Crippen molar-refractivity contribution in [2.45, 2.75) is 50.7 Å². The lowest BCUT2D eigenvalue weighted by atomic mass is 10.1. The van der Waals surface area contributed by atoms with Gasteiger partial charge in [0.25, 0.3) is 0 Å². The lowest BCUT2D eigenvalue weighted by Gasteiger charge is -2.17. The Labute approximate surface area is 107 Å². The molecule has 1 saturated heterocycles. The van der Waals surface area contributed by atoms with Crippen LogP contribution >= 0.6 is 12.2 Å². The fraction of sp³-hybridized carbons (Fsp3) is 0.833. The van der Waals surface area contributed by atoms with Gasteiger partial charge >= 0.3 is 0 Å². The molecule has 0 spiro atoms. The predicted octanol–water partition coefficient (Wildman–Crippen LogP) is 1.13. The van der Waals surface area contributed by atoms with E-state index in [0.717, 1.165) is 38.7 Å². The van der Waals surface area contributed by atoms with Crippen LogP contribution in [0.1, 0.15) is 38.5 Å². The topological polar surface area (TPSA) is 64.3 Å². The molecule has 1 aliphatic carbocycles. The summed E-state index contributed by atoms with van der Waals surface area (Å²) in [5.41, 5.74) is 5.64. The van der Waals surface area contributed by atoms with E-state index in [9.17, 15) is 4.79 Å². The molecule has 1 aliphatic heterocycles. The highest BCUT2D eigenvalue weighted by atomic mass is 32.1. The number of ether oxygens (including phenoxy) is 1. The summed E-state index contributed by atoms with van der Waals surface area (Å²) in [7, 11) is 0. The van der Waals surface area contributed by atoms with Crippen molar-refractivity contribution in [1.82, 2.24) is 5.32 Å². The van der Waals surface area contributed by atoms with Gasteiger partial charge in [-0.25, -0.2) is 0 Å². The molecule has 0 aromatic rings. The van der Waals surface area contributed by atoms with E-state index in [2.05, 4.69) is 5.32 Å². The Morgan fingerprint density at radius 3 is 2.76 bits per heavy atom. The summed E-state index contributed by atoms with van der Waals surface area (Å²) in [4.78, 5) is 12.2. The van der Waals surface area contributed by atoms with Gasteiger partial charge in [-0.1, -0.05) is 12.2 Å². The van der Waals surface area contributed by atoms with Gasteiger partial charge in [0.05, 0.1) is 17.1 Å². The van der Waals surface area contributed by atoms with Gasteiger partial charge in [0.1, 0.15) is 0 Å². The minimum atomic E-state index is -0.0954. The molecule has 0 radical (unpaired) electrons. The van der Waals surface area contributed by atoms with Crippen LogP contribution in [-0.2, 0) is 9.53 Å². The van der Waals surface area contributed by atoms with Crippen LogP contribution in [0.3, 0.4) is 0 Å². The number of nitrogens with two attached hydrogens (primary N) is 1. The monoisotopic (exact) mass is 256 g/mol. The number of hydrogen-bond donors (Lipinski definition) is 2. The van der Waals surface area contributed by atoms with Crippen molar-refractivity contribution in [3.8, 4) is 0 Å². The summed E-state index contributed by atoms with van der Waals surface area (Å²) < 4.78 is 5.49. The molecule has 0 aromatic heterocycles. The van der Waals surface area contributed by atoms with Crippen molar-refractivity contribution in [3.05, 3.63) is 0 Å². The molecule has 2 rings (SSSR count). The number of carbonyl (C=O) groups is 1. The molecule has 0 bridgehead atoms. The molecule has 1 saturated carbocycles. The molecule has 2 unspecified atom stereocenters. The van der Waals surface area contributed by atoms with Crippen molar-refractivity contribution in [1.29, 1.82) is 0 Å². The van der Waals surface area contributed by atoms with E-state index < -0.39 is 0 Å². The van der Waals surface area contributed by atoms with Crippen LogP contribution in [-0.4, -0.2) is 29.6 Å². The minimum Gasteiger partial charge on any atom is -0.392 e. The molecule has 5 heteroatoms. The fourth-order valence-corrected chi connectivity index (χ4v) is 2.51. The summed E-state index contributed by atoms with van der Waals surface area (Å²) in [6, 6.07) is -0.0954. The lowest BCUT2D eigenvalue weighted by molar-refractivity contribution is -0.122. The number of nitrogens with one attached hydrogen (secondary N) is 1. The van der Waals surface area contributed by atoms with Crippen molar-refractivity contribution in [2.75, 3.05) is 6.61 Å². The van der Waals surface area contributed by atoms with Crippen LogP contribution in [0.25, 0.3) is 0 Å². The minimum absolute atomic E-state index is 0.0465. The van der Waals surface area contributed by atoms with E-state index in [1.54, 1.807) is 0 Å². The summed E-state index contributed by atoms with van der Waals surface area (Å²) in [6.45, 7) is 0.837. The summed E-state index contributed by atoms with van der Waals surface area (Å²) in [5.74, 6) is 0.518. The maximum atomic E-state index is 11.8. The maximum absolute atomic E-state index is 11.8. The van der Waals surface area contributed by atoms with Gasteiger partial charge in [0, 0.05) is 13.0 Å². The van der Waals surface area contributed by atoms with Gasteiger partial charge in [-0.05, 0) is 38.0 Å². The van der Waals surface area contributed by atoms with E-state index in [-0.39, 0.29) is 18.1 Å². The average Bonchev–Trinajstić information content (AvgIpc) is 2.99. The molecule has 1 heterocycles. The summed E-state index contributed by atoms with van der Waals surface area (Å²) >= 11 is 4.98. The first kappa shape index (κ1) is 12.8. The number of thiocarbonyl (C=S) groups is 1. The number of rotatable bonds is 6. The molecule has 2 aliphatic rings. The van der Waals surface area contributed by atoms with E-state index >= 15 is 0 Å². The van der Waals surface area contributed by atoms with Crippen LogP contribution in [0.5, 0.6) is 0 Å². The second-order valence-electron chi connectivity index (χ2n) is 4.96. The first-order valence-electron chi connectivity index (χ1n) is 6.37. The Hall–Kier alpha value is -0.680. The lowest BCUT2D eigenvalue weighted by Crippen LogP contribution is -2.45. The Balaban J connectivity index is 1.69. The molecule has 1 amide bonds. The third kappa shape index (κ3) is 3.92. The standard InChI is InChI=1S/C12H20N2O2S/c13-12(17)11(8-3-4-8)14-10(15)6-5-9-2-1-7-16-9/h8-9,11H,1-7H2,(H2,13,17)(H,14,15). The molecule has 17 heavy (non-hydrogen) atoms. The first-order chi connectivity index (χ1) is 8.16. The average molecular weight is 256 g/mol. The second kappa shape index (κ2) is 5.78. The maximum Gasteiger partial charge on any atom is 0.220 e. The molecule has 2 fully saturated rings.